The number of nitrogens with one attached hydrogen (secondary N) is 2. The van der Waals surface area contributed by atoms with Gasteiger partial charge in [0.05, 0.1) is 38.0 Å². The van der Waals surface area contributed by atoms with Crippen molar-refractivity contribution in [3.05, 3.63) is 44.5 Å². The Bertz CT molecular complexity index is 1670. The molecule has 4 N–H and O–H groups in total. The van der Waals surface area contributed by atoms with Gasteiger partial charge >= 0.3 is 11.7 Å². The lowest BCUT2D eigenvalue weighted by molar-refractivity contribution is -0.745. The number of hydrogen-bond donors (Lipinski definition) is 4. The lowest BCUT2D eigenvalue weighted by Gasteiger charge is -2.30. The van der Waals surface area contributed by atoms with Crippen molar-refractivity contribution < 1.29 is 62.3 Å². The maximum absolute atomic E-state index is 12.8. The van der Waals surface area contributed by atoms with Crippen LogP contribution in [0.3, 0.4) is 0 Å². The van der Waals surface area contributed by atoms with Crippen LogP contribution < -0.4 is 34.7 Å². The third-order valence-corrected chi connectivity index (χ3v) is 6.91. The van der Waals surface area contributed by atoms with E-state index >= 15 is 0 Å². The number of aromatic amines is 1. The van der Waals surface area contributed by atoms with Gasteiger partial charge in [0.25, 0.3) is 17.2 Å². The van der Waals surface area contributed by atoms with Crippen molar-refractivity contribution in [1.29, 1.82) is 0 Å². The SMILES string of the molecule is CC(OC(=O)Nc1nc2c(c(=O)[nH]1)n(C)c[n+]2[C@@H]1O[C@H](COP(=O)([O-])[O-])C(O)C1O)c1cc2c(cc1[N+](=O)[O-])OCO2. The third-order valence-electron chi connectivity index (χ3n) is 6.44. The summed E-state index contributed by atoms with van der Waals surface area (Å²) in [6, 6.07) is 2.45. The minimum atomic E-state index is -5.40. The second-order valence-electron chi connectivity index (χ2n) is 9.20. The van der Waals surface area contributed by atoms with Gasteiger partial charge in [-0.2, -0.15) is 0 Å². The highest BCUT2D eigenvalue weighted by molar-refractivity contribution is 7.43. The number of aryl methyl sites for hydroxylation is 1. The summed E-state index contributed by atoms with van der Waals surface area (Å²) in [6.45, 7) is 0.361. The van der Waals surface area contributed by atoms with Crippen molar-refractivity contribution in [2.75, 3.05) is 18.7 Å². The Balaban J connectivity index is 1.37. The zero-order valence-corrected chi connectivity index (χ0v) is 22.5. The number of aliphatic hydroxyl groups excluding tert-OH is 2. The molecule has 0 bridgehead atoms. The standard InChI is InChI=1S/C21H23N6O14P/c1-8(9-3-11-12(38-7-37-11)4-10(9)27(32)33)40-21(31)24-20-22-17-14(18(30)23-20)25(2)6-26(17)19-16(29)15(28)13(41-19)5-39-42(34,35)36/h3-4,6,8,13,15-16,19,28-29H,5,7H2,1-2H3,(H3-,22,23,24,30,31,34,35,36)/p-1/t8?,13-,15?,16?,19-/m1/s1. The van der Waals surface area contributed by atoms with E-state index in [4.69, 9.17) is 18.9 Å². The van der Waals surface area contributed by atoms with E-state index < -0.39 is 67.6 Å². The molecule has 1 saturated heterocycles. The molecule has 5 rings (SSSR count). The molecule has 42 heavy (non-hydrogen) atoms. The third kappa shape index (κ3) is 5.63. The number of nitro groups is 1. The Hall–Kier alpha value is -4.17. The lowest BCUT2D eigenvalue weighted by atomic mass is 10.1. The van der Waals surface area contributed by atoms with Gasteiger partial charge < -0.3 is 48.0 Å². The van der Waals surface area contributed by atoms with Gasteiger partial charge in [-0.25, -0.2) is 14.7 Å². The molecule has 20 nitrogen and oxygen atoms in total. The average Bonchev–Trinajstić information content (AvgIpc) is 3.57. The van der Waals surface area contributed by atoms with Gasteiger partial charge in [-0.3, -0.25) is 24.5 Å². The number of aliphatic hydroxyl groups is 2. The molecule has 4 heterocycles. The number of phosphoric ester groups is 1. The number of imidazole rings is 1. The number of phosphoric acid groups is 1. The van der Waals surface area contributed by atoms with Crippen molar-refractivity contribution in [3.8, 4) is 11.5 Å². The average molecular weight is 613 g/mol. The smallest absolute Gasteiger partial charge is 0.415 e. The number of nitrogens with zero attached hydrogens (tertiary/aromatic N) is 4. The van der Waals surface area contributed by atoms with Gasteiger partial charge in [-0.05, 0) is 13.0 Å². The molecule has 2 aromatic heterocycles. The van der Waals surface area contributed by atoms with E-state index in [1.165, 1.54) is 30.9 Å². The van der Waals surface area contributed by atoms with Crippen molar-refractivity contribution in [3.63, 3.8) is 0 Å². The number of carbonyl (C=O) groups is 1. The number of ether oxygens (including phenoxy) is 4. The van der Waals surface area contributed by atoms with E-state index in [1.807, 2.05) is 0 Å². The quantitative estimate of drug-likeness (QED) is 0.0922. The second-order valence-corrected chi connectivity index (χ2v) is 10.4. The lowest BCUT2D eigenvalue weighted by Crippen LogP contribution is -2.46. The predicted molar refractivity (Wildman–Crippen MR) is 129 cm³/mol. The first-order chi connectivity index (χ1) is 19.7. The molecule has 21 heteroatoms. The molecule has 1 amide bonds. The maximum Gasteiger partial charge on any atom is 0.415 e. The molecule has 2 aliphatic rings. The number of rotatable bonds is 8. The molecule has 0 radical (unpaired) electrons. The minimum absolute atomic E-state index is 0.00646. The predicted octanol–water partition coefficient (Wildman–Crippen LogP) is -2.04. The first-order valence-electron chi connectivity index (χ1n) is 12.0. The molecule has 2 aliphatic heterocycles. The summed E-state index contributed by atoms with van der Waals surface area (Å²) >= 11 is 0. The second kappa shape index (κ2) is 10.9. The molecule has 1 fully saturated rings. The number of aromatic nitrogens is 4. The molecule has 3 aromatic rings. The zero-order valence-electron chi connectivity index (χ0n) is 21.6. The topological polar surface area (TPSA) is 277 Å². The number of hydrogen-bond acceptors (Lipinski definition) is 15. The highest BCUT2D eigenvalue weighted by Gasteiger charge is 2.47. The minimum Gasteiger partial charge on any atom is -0.790 e. The van der Waals surface area contributed by atoms with Gasteiger partial charge in [0, 0.05) is 0 Å². The van der Waals surface area contributed by atoms with E-state index in [0.29, 0.717) is 0 Å². The van der Waals surface area contributed by atoms with Crippen molar-refractivity contribution >= 4 is 36.7 Å². The maximum atomic E-state index is 12.8. The van der Waals surface area contributed by atoms with Crippen LogP contribution in [0.15, 0.2) is 23.3 Å². The zero-order chi connectivity index (χ0) is 30.5. The number of carbonyl (C=O) groups excluding carboxylic acids is 1. The van der Waals surface area contributed by atoms with E-state index in [1.54, 1.807) is 0 Å². The number of H-pyrrole nitrogens is 1. The van der Waals surface area contributed by atoms with Crippen LogP contribution >= 0.6 is 7.82 Å². The van der Waals surface area contributed by atoms with Crippen LogP contribution in [0.1, 0.15) is 24.8 Å². The van der Waals surface area contributed by atoms with Gasteiger partial charge in [0.1, 0.15) is 24.4 Å². The normalized spacial score (nSPS) is 22.3. The van der Waals surface area contributed by atoms with Crippen LogP contribution in [0.25, 0.3) is 11.2 Å². The summed E-state index contributed by atoms with van der Waals surface area (Å²) in [5, 5.41) is 34.6. The van der Waals surface area contributed by atoms with Crippen molar-refractivity contribution in [2.45, 2.75) is 37.6 Å². The van der Waals surface area contributed by atoms with Crippen LogP contribution in [0, 0.1) is 10.1 Å². The summed E-state index contributed by atoms with van der Waals surface area (Å²) in [4.78, 5) is 64.5. The van der Waals surface area contributed by atoms with Crippen molar-refractivity contribution in [2.24, 2.45) is 7.05 Å². The molecule has 5 atom stereocenters. The van der Waals surface area contributed by atoms with Crippen LogP contribution in [0.5, 0.6) is 11.5 Å². The first kappa shape index (κ1) is 29.3. The van der Waals surface area contributed by atoms with E-state index in [-0.39, 0.29) is 40.7 Å². The fraction of sp³-hybridized carbons (Fsp3) is 0.429. The fourth-order valence-electron chi connectivity index (χ4n) is 4.54. The number of nitro benzene ring substituents is 1. The van der Waals surface area contributed by atoms with Crippen LogP contribution in [-0.4, -0.2) is 67.5 Å². The molecular formula is C21H22N6O14P-. The highest BCUT2D eigenvalue weighted by Crippen LogP contribution is 2.41. The number of amides is 1. The van der Waals surface area contributed by atoms with Gasteiger partial charge in [0.2, 0.25) is 18.5 Å². The Morgan fingerprint density at radius 1 is 1.33 bits per heavy atom. The molecular weight excluding hydrogens is 591 g/mol. The summed E-state index contributed by atoms with van der Waals surface area (Å²) in [6.07, 6.45) is -7.24. The Morgan fingerprint density at radius 2 is 2.02 bits per heavy atom. The number of benzene rings is 1. The molecule has 3 unspecified atom stereocenters. The summed E-state index contributed by atoms with van der Waals surface area (Å²) in [5.41, 5.74) is -1.32. The molecule has 226 valence electrons. The highest BCUT2D eigenvalue weighted by atomic mass is 31.2. The Labute approximate surface area is 233 Å². The summed E-state index contributed by atoms with van der Waals surface area (Å²) < 4.78 is 38.6. The van der Waals surface area contributed by atoms with Crippen molar-refractivity contribution in [1.82, 2.24) is 14.5 Å². The van der Waals surface area contributed by atoms with Gasteiger partial charge in [-0.1, -0.05) is 4.98 Å². The number of fused-ring (bicyclic) bond motifs is 2. The summed E-state index contributed by atoms with van der Waals surface area (Å²) in [5.74, 6) is -0.0369. The van der Waals surface area contributed by atoms with Crippen LogP contribution in [-0.2, 0) is 25.6 Å². The van der Waals surface area contributed by atoms with E-state index in [9.17, 15) is 44.3 Å². The number of anilines is 1. The first-order valence-corrected chi connectivity index (χ1v) is 13.4. The molecule has 1 aromatic carbocycles. The fourth-order valence-corrected chi connectivity index (χ4v) is 4.87. The monoisotopic (exact) mass is 613 g/mol. The van der Waals surface area contributed by atoms with Crippen LogP contribution in [0.2, 0.25) is 0 Å². The Morgan fingerprint density at radius 3 is 2.69 bits per heavy atom. The largest absolute Gasteiger partial charge is 0.790 e. The van der Waals surface area contributed by atoms with Crippen LogP contribution in [0.4, 0.5) is 16.4 Å². The Kier molecular flexibility index (Phi) is 7.62. The molecule has 0 spiro atoms. The van der Waals surface area contributed by atoms with Gasteiger partial charge in [-0.15, -0.1) is 0 Å². The van der Waals surface area contributed by atoms with Gasteiger partial charge in [0.15, 0.2) is 17.8 Å². The summed E-state index contributed by atoms with van der Waals surface area (Å²) in [7, 11) is -3.94. The molecule has 0 aliphatic carbocycles. The molecule has 0 saturated carbocycles. The van der Waals surface area contributed by atoms with E-state index in [2.05, 4.69) is 19.8 Å². The van der Waals surface area contributed by atoms with E-state index in [0.717, 1.165) is 10.6 Å².